The summed E-state index contributed by atoms with van der Waals surface area (Å²) < 4.78 is 0. The van der Waals surface area contributed by atoms with Crippen LogP contribution in [-0.4, -0.2) is 0 Å². The van der Waals surface area contributed by atoms with Gasteiger partial charge in [0.05, 0.1) is 0 Å². The molecule has 0 nitrogen and oxygen atoms in total. The van der Waals surface area contributed by atoms with E-state index in [2.05, 4.69) is 12.3 Å². The summed E-state index contributed by atoms with van der Waals surface area (Å²) in [5.74, 6) is 0. The van der Waals surface area contributed by atoms with E-state index in [1.165, 1.54) is 0 Å². The first-order valence-corrected chi connectivity index (χ1v) is 2.55. The largest absolute Gasteiger partial charge is 0.129 e. The van der Waals surface area contributed by atoms with Crippen LogP contribution < -0.4 is 0 Å². The van der Waals surface area contributed by atoms with Crippen molar-refractivity contribution in [1.29, 1.82) is 0 Å². The number of hydrogen-bond donors (Lipinski definition) is 0. The second-order valence-electron chi connectivity index (χ2n) is 1.28. The van der Waals surface area contributed by atoms with E-state index in [1.807, 2.05) is 31.2 Å². The second-order valence-corrected chi connectivity index (χ2v) is 1.28. The molecule has 0 N–H and O–H groups in total. The number of allylic oxidation sites excluding steroid dienone is 5. The Bertz CT molecular complexity index is 132. The van der Waals surface area contributed by atoms with Gasteiger partial charge in [0, 0.05) is 0 Å². The van der Waals surface area contributed by atoms with E-state index in [-0.39, 0.29) is 0 Å². The Labute approximate surface area is 50.5 Å². The molecule has 0 rings (SSSR count). The van der Waals surface area contributed by atoms with Crippen molar-refractivity contribution in [1.82, 2.24) is 0 Å². The van der Waals surface area contributed by atoms with Crippen molar-refractivity contribution in [2.75, 3.05) is 0 Å². The molecule has 0 aromatic carbocycles. The lowest BCUT2D eigenvalue weighted by molar-refractivity contribution is 1.73. The Kier molecular flexibility index (Phi) is 5.25. The van der Waals surface area contributed by atoms with Crippen molar-refractivity contribution in [3.63, 3.8) is 0 Å². The summed E-state index contributed by atoms with van der Waals surface area (Å²) in [6, 6.07) is 0. The summed E-state index contributed by atoms with van der Waals surface area (Å²) in [6.07, 6.45) is 9.49. The summed E-state index contributed by atoms with van der Waals surface area (Å²) >= 11 is 0. The molecule has 0 atom stereocenters. The van der Waals surface area contributed by atoms with E-state index >= 15 is 0 Å². The van der Waals surface area contributed by atoms with Gasteiger partial charge in [-0.15, -0.1) is 5.73 Å². The Hall–Kier alpha value is -1.00. The van der Waals surface area contributed by atoms with Gasteiger partial charge in [0.2, 0.25) is 0 Å². The monoisotopic (exact) mass is 106 g/mol. The Balaban J connectivity index is 3.50. The average molecular weight is 106 g/mol. The zero-order valence-corrected chi connectivity index (χ0v) is 5.09. The molecule has 0 heterocycles. The molecule has 0 spiro atoms. The van der Waals surface area contributed by atoms with Crippen LogP contribution in [0.3, 0.4) is 0 Å². The minimum atomic E-state index is 1.76. The van der Waals surface area contributed by atoms with Gasteiger partial charge in [0.1, 0.15) is 0 Å². The molecule has 0 unspecified atom stereocenters. The van der Waals surface area contributed by atoms with Crippen molar-refractivity contribution in [2.24, 2.45) is 0 Å². The second kappa shape index (κ2) is 6.00. The predicted molar refractivity (Wildman–Crippen MR) is 37.7 cm³/mol. The van der Waals surface area contributed by atoms with E-state index in [0.717, 1.165) is 0 Å². The van der Waals surface area contributed by atoms with Crippen LogP contribution in [0.1, 0.15) is 6.92 Å². The summed E-state index contributed by atoms with van der Waals surface area (Å²) in [5, 5.41) is 0. The van der Waals surface area contributed by atoms with Gasteiger partial charge < -0.3 is 0 Å². The van der Waals surface area contributed by atoms with Gasteiger partial charge in [-0.2, -0.15) is 0 Å². The normalized spacial score (nSPS) is 10.1. The van der Waals surface area contributed by atoms with Crippen molar-refractivity contribution in [3.8, 4) is 0 Å². The van der Waals surface area contributed by atoms with Crippen LogP contribution in [0.2, 0.25) is 0 Å². The first-order chi connectivity index (χ1) is 3.91. The van der Waals surface area contributed by atoms with Crippen LogP contribution >= 0.6 is 0 Å². The Morgan fingerprint density at radius 3 is 2.50 bits per heavy atom. The van der Waals surface area contributed by atoms with Gasteiger partial charge in [0.25, 0.3) is 0 Å². The third kappa shape index (κ3) is 5.00. The lowest BCUT2D eigenvalue weighted by Gasteiger charge is -1.65. The van der Waals surface area contributed by atoms with Crippen LogP contribution in [-0.2, 0) is 0 Å². The van der Waals surface area contributed by atoms with Crippen molar-refractivity contribution < 1.29 is 0 Å². The molecule has 0 amide bonds. The van der Waals surface area contributed by atoms with E-state index in [1.54, 1.807) is 6.08 Å². The molecule has 0 aromatic rings. The molecular formula is C8H10. The lowest BCUT2D eigenvalue weighted by Crippen LogP contribution is -1.44. The number of hydrogen-bond acceptors (Lipinski definition) is 0. The van der Waals surface area contributed by atoms with E-state index in [0.29, 0.717) is 0 Å². The topological polar surface area (TPSA) is 0 Å². The highest BCUT2D eigenvalue weighted by molar-refractivity contribution is 5.09. The van der Waals surface area contributed by atoms with Gasteiger partial charge in [-0.25, -0.2) is 0 Å². The summed E-state index contributed by atoms with van der Waals surface area (Å²) in [4.78, 5) is 0. The minimum Gasteiger partial charge on any atom is -0.129 e. The first kappa shape index (κ1) is 7.00. The minimum absolute atomic E-state index is 1.76. The molecule has 0 fully saturated rings. The van der Waals surface area contributed by atoms with Crippen molar-refractivity contribution >= 4 is 0 Å². The molecule has 0 bridgehead atoms. The number of rotatable bonds is 2. The maximum Gasteiger partial charge on any atom is -0.0206 e. The highest BCUT2D eigenvalue weighted by Gasteiger charge is 1.54. The highest BCUT2D eigenvalue weighted by Crippen LogP contribution is 1.75. The summed E-state index contributed by atoms with van der Waals surface area (Å²) in [5.41, 5.74) is 2.63. The highest BCUT2D eigenvalue weighted by atomic mass is 13.6. The van der Waals surface area contributed by atoms with Crippen LogP contribution in [0.5, 0.6) is 0 Å². The lowest BCUT2D eigenvalue weighted by atomic mass is 10.4. The molecule has 8 heavy (non-hydrogen) atoms. The maximum atomic E-state index is 3.40. The van der Waals surface area contributed by atoms with E-state index < -0.39 is 0 Å². The molecule has 0 aromatic heterocycles. The SMILES string of the molecule is C=C=C/C=C\C=C/C. The zero-order chi connectivity index (χ0) is 6.24. The van der Waals surface area contributed by atoms with Gasteiger partial charge in [-0.1, -0.05) is 30.9 Å². The third-order valence-corrected chi connectivity index (χ3v) is 0.629. The standard InChI is InChI=1S/C8H10/c1-3-5-7-8-6-4-2/h4-8H,1H2,2H3/b6-4-,8-7-. The molecule has 0 saturated heterocycles. The van der Waals surface area contributed by atoms with Gasteiger partial charge in [-0.05, 0) is 13.0 Å². The van der Waals surface area contributed by atoms with Crippen LogP contribution in [0.4, 0.5) is 0 Å². The van der Waals surface area contributed by atoms with Crippen molar-refractivity contribution in [3.05, 3.63) is 42.7 Å². The third-order valence-electron chi connectivity index (χ3n) is 0.629. The summed E-state index contributed by atoms with van der Waals surface area (Å²) in [6.45, 7) is 5.38. The fourth-order valence-corrected chi connectivity index (χ4v) is 0.299. The van der Waals surface area contributed by atoms with Gasteiger partial charge in [-0.3, -0.25) is 0 Å². The first-order valence-electron chi connectivity index (χ1n) is 2.55. The van der Waals surface area contributed by atoms with E-state index in [4.69, 9.17) is 0 Å². The molecule has 0 aliphatic carbocycles. The fourth-order valence-electron chi connectivity index (χ4n) is 0.299. The quantitative estimate of drug-likeness (QED) is 0.374. The Morgan fingerprint density at radius 1 is 1.25 bits per heavy atom. The predicted octanol–water partition coefficient (Wildman–Crippen LogP) is 2.46. The molecule has 0 aliphatic rings. The average Bonchev–Trinajstić information content (AvgIpc) is 1.81. The Morgan fingerprint density at radius 2 is 2.00 bits per heavy atom. The van der Waals surface area contributed by atoms with Crippen LogP contribution in [0, 0.1) is 0 Å². The zero-order valence-electron chi connectivity index (χ0n) is 5.09. The van der Waals surface area contributed by atoms with Crippen LogP contribution in [0.25, 0.3) is 0 Å². The van der Waals surface area contributed by atoms with E-state index in [9.17, 15) is 0 Å². The molecular weight excluding hydrogens is 96.1 g/mol. The van der Waals surface area contributed by atoms with Gasteiger partial charge in [0.15, 0.2) is 0 Å². The molecule has 0 heteroatoms. The maximum absolute atomic E-state index is 3.40. The molecule has 0 saturated carbocycles. The summed E-state index contributed by atoms with van der Waals surface area (Å²) in [7, 11) is 0. The molecule has 42 valence electrons. The molecule has 0 aliphatic heterocycles. The van der Waals surface area contributed by atoms with Crippen molar-refractivity contribution in [2.45, 2.75) is 6.92 Å². The van der Waals surface area contributed by atoms with Gasteiger partial charge >= 0.3 is 0 Å². The van der Waals surface area contributed by atoms with Crippen LogP contribution in [0.15, 0.2) is 42.7 Å². The fraction of sp³-hybridized carbons (Fsp3) is 0.125. The smallest absolute Gasteiger partial charge is 0.0206 e. The molecule has 0 radical (unpaired) electrons.